The lowest BCUT2D eigenvalue weighted by Gasteiger charge is -2.11. The first-order valence-corrected chi connectivity index (χ1v) is 7.86. The van der Waals surface area contributed by atoms with Crippen LogP contribution < -0.4 is 4.18 Å². The molecule has 2 aromatic carbocycles. The summed E-state index contributed by atoms with van der Waals surface area (Å²) in [6, 6.07) is 5.68. The molecule has 0 heterocycles. The van der Waals surface area contributed by atoms with Crippen molar-refractivity contribution in [2.24, 2.45) is 0 Å². The summed E-state index contributed by atoms with van der Waals surface area (Å²) in [6.45, 7) is 0. The van der Waals surface area contributed by atoms with E-state index in [0.29, 0.717) is 0 Å². The zero-order valence-electron chi connectivity index (χ0n) is 10.0. The van der Waals surface area contributed by atoms with Crippen molar-refractivity contribution in [1.82, 2.24) is 0 Å². The monoisotopic (exact) mass is 368 g/mol. The molecule has 2 N–H and O–H groups in total. The van der Waals surface area contributed by atoms with Crippen LogP contribution in [-0.2, 0) is 10.1 Å². The van der Waals surface area contributed by atoms with E-state index in [-0.39, 0.29) is 20.8 Å². The van der Waals surface area contributed by atoms with Gasteiger partial charge in [-0.2, -0.15) is 8.42 Å². The van der Waals surface area contributed by atoms with Gasteiger partial charge in [0.2, 0.25) is 0 Å². The Morgan fingerprint density at radius 1 is 0.905 bits per heavy atom. The van der Waals surface area contributed by atoms with Gasteiger partial charge in [-0.25, -0.2) is 0 Å². The number of phenols is 2. The maximum atomic E-state index is 12.1. The largest absolute Gasteiger partial charge is 0.506 e. The van der Waals surface area contributed by atoms with Gasteiger partial charge in [0.1, 0.15) is 21.4 Å². The highest BCUT2D eigenvalue weighted by Crippen LogP contribution is 2.38. The molecule has 2 aromatic rings. The minimum atomic E-state index is -4.41. The van der Waals surface area contributed by atoms with E-state index in [0.717, 1.165) is 24.3 Å². The Morgan fingerprint density at radius 3 is 2.24 bits per heavy atom. The third-order valence-corrected chi connectivity index (χ3v) is 4.47. The van der Waals surface area contributed by atoms with E-state index in [9.17, 15) is 18.6 Å². The zero-order valence-corrected chi connectivity index (χ0v) is 13.1. The molecular formula is C12H7Cl3O5S. The standard InChI is InChI=1S/C12H7Cl3O5S/c13-6-1-2-8(16)11(5-6)21(18,19)20-10-4-7(14)3-9(17)12(10)15/h1-5,16-17H. The Hall–Kier alpha value is -1.34. The second kappa shape index (κ2) is 5.81. The summed E-state index contributed by atoms with van der Waals surface area (Å²) in [5.41, 5.74) is 0. The average Bonchev–Trinajstić information content (AvgIpc) is 2.37. The number of hydrogen-bond acceptors (Lipinski definition) is 5. The maximum absolute atomic E-state index is 12.1. The van der Waals surface area contributed by atoms with E-state index >= 15 is 0 Å². The van der Waals surface area contributed by atoms with Crippen molar-refractivity contribution in [3.8, 4) is 17.2 Å². The lowest BCUT2D eigenvalue weighted by atomic mass is 10.3. The Labute approximate surface area is 135 Å². The summed E-state index contributed by atoms with van der Waals surface area (Å²) in [5, 5.41) is 18.9. The van der Waals surface area contributed by atoms with Crippen LogP contribution >= 0.6 is 34.8 Å². The van der Waals surface area contributed by atoms with Gasteiger partial charge in [0, 0.05) is 22.2 Å². The van der Waals surface area contributed by atoms with Crippen LogP contribution in [0.25, 0.3) is 0 Å². The topological polar surface area (TPSA) is 83.8 Å². The van der Waals surface area contributed by atoms with Gasteiger partial charge >= 0.3 is 10.1 Å². The van der Waals surface area contributed by atoms with E-state index in [1.807, 2.05) is 0 Å². The third-order valence-electron chi connectivity index (χ3n) is 2.38. The van der Waals surface area contributed by atoms with Crippen molar-refractivity contribution >= 4 is 44.9 Å². The van der Waals surface area contributed by atoms with Crippen LogP contribution in [0, 0.1) is 0 Å². The third kappa shape index (κ3) is 3.47. The van der Waals surface area contributed by atoms with E-state index in [2.05, 4.69) is 0 Å². The molecule has 0 radical (unpaired) electrons. The lowest BCUT2D eigenvalue weighted by molar-refractivity contribution is 0.443. The van der Waals surface area contributed by atoms with E-state index in [1.54, 1.807) is 0 Å². The molecule has 21 heavy (non-hydrogen) atoms. The van der Waals surface area contributed by atoms with Crippen LogP contribution in [0.4, 0.5) is 0 Å². The summed E-state index contributed by atoms with van der Waals surface area (Å²) in [7, 11) is -4.41. The van der Waals surface area contributed by atoms with Crippen molar-refractivity contribution < 1.29 is 22.8 Å². The summed E-state index contributed by atoms with van der Waals surface area (Å²) < 4.78 is 29.0. The van der Waals surface area contributed by atoms with E-state index in [4.69, 9.17) is 39.0 Å². The van der Waals surface area contributed by atoms with Crippen LogP contribution in [0.15, 0.2) is 35.2 Å². The molecule has 0 aromatic heterocycles. The molecule has 0 bridgehead atoms. The van der Waals surface area contributed by atoms with Gasteiger partial charge in [-0.1, -0.05) is 34.8 Å². The molecule has 0 aliphatic carbocycles. The molecule has 2 rings (SSSR count). The number of aromatic hydroxyl groups is 2. The Balaban J connectivity index is 2.50. The van der Waals surface area contributed by atoms with Crippen LogP contribution in [0.2, 0.25) is 15.1 Å². The van der Waals surface area contributed by atoms with Crippen LogP contribution in [-0.4, -0.2) is 18.6 Å². The van der Waals surface area contributed by atoms with Crippen molar-refractivity contribution in [1.29, 1.82) is 0 Å². The van der Waals surface area contributed by atoms with Crippen molar-refractivity contribution in [3.63, 3.8) is 0 Å². The van der Waals surface area contributed by atoms with Crippen molar-refractivity contribution in [2.45, 2.75) is 4.90 Å². The lowest BCUT2D eigenvalue weighted by Crippen LogP contribution is -2.10. The van der Waals surface area contributed by atoms with Gasteiger partial charge in [0.15, 0.2) is 5.75 Å². The highest BCUT2D eigenvalue weighted by Gasteiger charge is 2.24. The van der Waals surface area contributed by atoms with Crippen LogP contribution in [0.5, 0.6) is 17.2 Å². The van der Waals surface area contributed by atoms with Crippen molar-refractivity contribution in [2.75, 3.05) is 0 Å². The van der Waals surface area contributed by atoms with Crippen molar-refractivity contribution in [3.05, 3.63) is 45.4 Å². The van der Waals surface area contributed by atoms with Gasteiger partial charge in [-0.3, -0.25) is 0 Å². The van der Waals surface area contributed by atoms with E-state index < -0.39 is 26.5 Å². The Kier molecular flexibility index (Phi) is 4.43. The minimum absolute atomic E-state index is 0.0254. The summed E-state index contributed by atoms with van der Waals surface area (Å²) in [5.74, 6) is -1.35. The zero-order chi connectivity index (χ0) is 15.8. The number of hydrogen-bond donors (Lipinski definition) is 2. The normalized spacial score (nSPS) is 11.4. The molecule has 0 atom stereocenters. The van der Waals surface area contributed by atoms with Gasteiger partial charge in [-0.15, -0.1) is 0 Å². The predicted octanol–water partition coefficient (Wildman–Crippen LogP) is 3.83. The predicted molar refractivity (Wildman–Crippen MR) is 79.1 cm³/mol. The first-order valence-electron chi connectivity index (χ1n) is 5.32. The van der Waals surface area contributed by atoms with Gasteiger partial charge in [0.25, 0.3) is 0 Å². The smallest absolute Gasteiger partial charge is 0.343 e. The highest BCUT2D eigenvalue weighted by molar-refractivity contribution is 7.87. The molecule has 0 fully saturated rings. The van der Waals surface area contributed by atoms with Gasteiger partial charge in [0.05, 0.1) is 0 Å². The van der Waals surface area contributed by atoms with Gasteiger partial charge < -0.3 is 14.4 Å². The molecule has 112 valence electrons. The molecule has 0 amide bonds. The molecular weight excluding hydrogens is 363 g/mol. The van der Waals surface area contributed by atoms with Gasteiger partial charge in [-0.05, 0) is 18.2 Å². The number of benzene rings is 2. The number of phenolic OH excluding ortho intramolecular Hbond substituents is 2. The summed E-state index contributed by atoms with van der Waals surface area (Å²) in [4.78, 5) is -0.537. The molecule has 0 saturated carbocycles. The SMILES string of the molecule is O=S(=O)(Oc1cc(Cl)cc(O)c1Cl)c1cc(Cl)ccc1O. The fraction of sp³-hybridized carbons (Fsp3) is 0. The molecule has 0 saturated heterocycles. The van der Waals surface area contributed by atoms with Crippen LogP contribution in [0.3, 0.4) is 0 Å². The van der Waals surface area contributed by atoms with E-state index in [1.165, 1.54) is 6.07 Å². The first-order chi connectivity index (χ1) is 9.70. The molecule has 0 spiro atoms. The molecule has 9 heteroatoms. The fourth-order valence-electron chi connectivity index (χ4n) is 1.46. The maximum Gasteiger partial charge on any atom is 0.343 e. The Bertz CT molecular complexity index is 805. The minimum Gasteiger partial charge on any atom is -0.506 e. The van der Waals surface area contributed by atoms with Crippen LogP contribution in [0.1, 0.15) is 0 Å². The molecule has 0 unspecified atom stereocenters. The second-order valence-corrected chi connectivity index (χ2v) is 6.65. The molecule has 0 aliphatic heterocycles. The average molecular weight is 370 g/mol. The summed E-state index contributed by atoms with van der Waals surface area (Å²) >= 11 is 17.1. The summed E-state index contributed by atoms with van der Waals surface area (Å²) in [6.07, 6.45) is 0. The number of rotatable bonds is 3. The fourth-order valence-corrected chi connectivity index (χ4v) is 3.15. The second-order valence-electron chi connectivity index (χ2n) is 3.89. The quantitative estimate of drug-likeness (QED) is 0.803. The first kappa shape index (κ1) is 16.0. The Morgan fingerprint density at radius 2 is 1.57 bits per heavy atom. The number of halogens is 3. The highest BCUT2D eigenvalue weighted by atomic mass is 35.5. The molecule has 0 aliphatic rings. The molecule has 5 nitrogen and oxygen atoms in total.